The number of carbonyl (C=O) groups is 1. The summed E-state index contributed by atoms with van der Waals surface area (Å²) >= 11 is 0. The number of aromatic nitrogens is 2. The topological polar surface area (TPSA) is 65.4 Å². The molecule has 1 fully saturated rings. The Kier molecular flexibility index (Phi) is 6.02. The van der Waals surface area contributed by atoms with Crippen LogP contribution in [0.2, 0.25) is 0 Å². The summed E-state index contributed by atoms with van der Waals surface area (Å²) in [6.07, 6.45) is 7.40. The molecule has 0 atom stereocenters. The van der Waals surface area contributed by atoms with Crippen LogP contribution in [0, 0.1) is 0 Å². The molecule has 1 aliphatic carbocycles. The highest BCUT2D eigenvalue weighted by molar-refractivity contribution is 6.00. The number of hydrogen-bond donors (Lipinski definition) is 1. The maximum atomic E-state index is 13.3. The molecule has 1 heterocycles. The first kappa shape index (κ1) is 20.0. The highest BCUT2D eigenvalue weighted by Crippen LogP contribution is 2.35. The Labute approximate surface area is 176 Å². The predicted octanol–water partition coefficient (Wildman–Crippen LogP) is 4.62. The van der Waals surface area contributed by atoms with Crippen LogP contribution < -0.4 is 14.8 Å². The number of benzene rings is 2. The fourth-order valence-electron chi connectivity index (χ4n) is 3.96. The summed E-state index contributed by atoms with van der Waals surface area (Å²) in [7, 11) is 3.23. The van der Waals surface area contributed by atoms with E-state index in [0.717, 1.165) is 36.9 Å². The van der Waals surface area contributed by atoms with Crippen molar-refractivity contribution in [2.75, 3.05) is 14.2 Å². The van der Waals surface area contributed by atoms with Crippen molar-refractivity contribution in [3.63, 3.8) is 0 Å². The van der Waals surface area contributed by atoms with E-state index < -0.39 is 0 Å². The molecule has 1 aromatic heterocycles. The molecule has 0 aliphatic heterocycles. The van der Waals surface area contributed by atoms with Gasteiger partial charge in [0, 0.05) is 17.8 Å². The van der Waals surface area contributed by atoms with Crippen molar-refractivity contribution in [3.8, 4) is 28.4 Å². The highest BCUT2D eigenvalue weighted by atomic mass is 16.5. The molecule has 0 radical (unpaired) electrons. The fourth-order valence-corrected chi connectivity index (χ4v) is 3.96. The summed E-state index contributed by atoms with van der Waals surface area (Å²) in [6, 6.07) is 15.5. The molecule has 1 aliphatic rings. The number of amides is 1. The molecule has 0 bridgehead atoms. The largest absolute Gasteiger partial charge is 0.497 e. The van der Waals surface area contributed by atoms with E-state index in [2.05, 4.69) is 5.32 Å². The van der Waals surface area contributed by atoms with Gasteiger partial charge in [-0.1, -0.05) is 37.5 Å². The molecule has 2 aromatic carbocycles. The van der Waals surface area contributed by atoms with E-state index in [1.165, 1.54) is 6.42 Å². The number of methoxy groups -OCH3 is 2. The molecule has 3 aromatic rings. The van der Waals surface area contributed by atoms with Gasteiger partial charge in [0.2, 0.25) is 0 Å². The van der Waals surface area contributed by atoms with E-state index in [0.29, 0.717) is 22.8 Å². The van der Waals surface area contributed by atoms with Crippen molar-refractivity contribution >= 4 is 5.91 Å². The van der Waals surface area contributed by atoms with Gasteiger partial charge in [0.1, 0.15) is 17.2 Å². The zero-order valence-electron chi connectivity index (χ0n) is 17.4. The minimum Gasteiger partial charge on any atom is -0.497 e. The van der Waals surface area contributed by atoms with Gasteiger partial charge in [-0.3, -0.25) is 4.79 Å². The quantitative estimate of drug-likeness (QED) is 0.650. The zero-order valence-corrected chi connectivity index (χ0v) is 17.4. The Bertz CT molecular complexity index is 1010. The van der Waals surface area contributed by atoms with E-state index in [-0.39, 0.29) is 11.9 Å². The number of hydrogen-bond acceptors (Lipinski definition) is 4. The van der Waals surface area contributed by atoms with E-state index in [1.54, 1.807) is 25.1 Å². The molecule has 1 saturated carbocycles. The van der Waals surface area contributed by atoms with Crippen LogP contribution in [0.25, 0.3) is 16.9 Å². The average Bonchev–Trinajstić information content (AvgIpc) is 3.25. The Balaban J connectivity index is 1.78. The van der Waals surface area contributed by atoms with Gasteiger partial charge in [-0.2, -0.15) is 5.10 Å². The van der Waals surface area contributed by atoms with Crippen LogP contribution in [0.5, 0.6) is 11.5 Å². The lowest BCUT2D eigenvalue weighted by Crippen LogP contribution is -2.36. The molecule has 4 rings (SSSR count). The van der Waals surface area contributed by atoms with Crippen molar-refractivity contribution in [2.24, 2.45) is 0 Å². The first-order valence-electron chi connectivity index (χ1n) is 10.4. The van der Waals surface area contributed by atoms with Gasteiger partial charge in [0.15, 0.2) is 0 Å². The predicted molar refractivity (Wildman–Crippen MR) is 116 cm³/mol. The minimum absolute atomic E-state index is 0.107. The molecule has 1 amide bonds. The number of nitrogens with zero attached hydrogens (tertiary/aromatic N) is 2. The second kappa shape index (κ2) is 9.03. The molecule has 30 heavy (non-hydrogen) atoms. The number of para-hydroxylation sites is 1. The van der Waals surface area contributed by atoms with Crippen molar-refractivity contribution < 1.29 is 14.3 Å². The van der Waals surface area contributed by atoms with E-state index >= 15 is 0 Å². The van der Waals surface area contributed by atoms with Crippen LogP contribution in [-0.2, 0) is 0 Å². The van der Waals surface area contributed by atoms with Gasteiger partial charge in [-0.15, -0.1) is 0 Å². The van der Waals surface area contributed by atoms with Gasteiger partial charge in [0.05, 0.1) is 25.5 Å². The van der Waals surface area contributed by atoms with Crippen LogP contribution in [0.1, 0.15) is 42.5 Å². The van der Waals surface area contributed by atoms with E-state index in [9.17, 15) is 4.79 Å². The first-order chi connectivity index (χ1) is 14.7. The summed E-state index contributed by atoms with van der Waals surface area (Å²) in [5.74, 6) is 1.21. The summed E-state index contributed by atoms with van der Waals surface area (Å²) in [5, 5.41) is 7.98. The second-order valence-electron chi connectivity index (χ2n) is 7.55. The van der Waals surface area contributed by atoms with Crippen LogP contribution in [0.3, 0.4) is 0 Å². The minimum atomic E-state index is -0.107. The molecule has 6 heteroatoms. The van der Waals surface area contributed by atoms with Gasteiger partial charge in [-0.05, 0) is 43.2 Å². The average molecular weight is 405 g/mol. The van der Waals surface area contributed by atoms with Crippen LogP contribution in [-0.4, -0.2) is 35.9 Å². The normalized spacial score (nSPS) is 14.3. The van der Waals surface area contributed by atoms with Crippen LogP contribution in [0.4, 0.5) is 0 Å². The molecule has 0 unspecified atom stereocenters. The fraction of sp³-hybridized carbons (Fsp3) is 0.333. The third-order valence-corrected chi connectivity index (χ3v) is 5.58. The smallest absolute Gasteiger partial charge is 0.255 e. The summed E-state index contributed by atoms with van der Waals surface area (Å²) in [6.45, 7) is 0. The molecule has 0 saturated heterocycles. The lowest BCUT2D eigenvalue weighted by molar-refractivity contribution is 0.0928. The molecular formula is C24H27N3O3. The Morgan fingerprint density at radius 2 is 1.80 bits per heavy atom. The standard InChI is InChI=1S/C24H27N3O3/c1-29-19-13-14-22(30-2)20(15-19)23-21(24(28)25-17-9-5-3-6-10-17)16-27(26-23)18-11-7-4-8-12-18/h4,7-8,11-17H,3,5-6,9-10H2,1-2H3,(H,25,28). The Morgan fingerprint density at radius 1 is 1.03 bits per heavy atom. The van der Waals surface area contributed by atoms with E-state index in [4.69, 9.17) is 14.6 Å². The number of rotatable bonds is 6. The van der Waals surface area contributed by atoms with Crippen molar-refractivity contribution in [2.45, 2.75) is 38.1 Å². The molecule has 6 nitrogen and oxygen atoms in total. The van der Waals surface area contributed by atoms with Gasteiger partial charge in [-0.25, -0.2) is 4.68 Å². The SMILES string of the molecule is COc1ccc(OC)c(-c2nn(-c3ccccc3)cc2C(=O)NC2CCCCC2)c1. The monoisotopic (exact) mass is 405 g/mol. The lowest BCUT2D eigenvalue weighted by Gasteiger charge is -2.22. The molecule has 1 N–H and O–H groups in total. The molecule has 156 valence electrons. The third kappa shape index (κ3) is 4.17. The molecular weight excluding hydrogens is 378 g/mol. The Hall–Kier alpha value is -3.28. The Morgan fingerprint density at radius 3 is 2.50 bits per heavy atom. The second-order valence-corrected chi connectivity index (χ2v) is 7.55. The van der Waals surface area contributed by atoms with Gasteiger partial charge >= 0.3 is 0 Å². The maximum absolute atomic E-state index is 13.3. The van der Waals surface area contributed by atoms with Crippen molar-refractivity contribution in [1.29, 1.82) is 0 Å². The van der Waals surface area contributed by atoms with Crippen molar-refractivity contribution in [3.05, 3.63) is 60.3 Å². The van der Waals surface area contributed by atoms with Gasteiger partial charge in [0.25, 0.3) is 5.91 Å². The summed E-state index contributed by atoms with van der Waals surface area (Å²) in [5.41, 5.74) is 2.71. The summed E-state index contributed by atoms with van der Waals surface area (Å²) in [4.78, 5) is 13.3. The van der Waals surface area contributed by atoms with Crippen LogP contribution >= 0.6 is 0 Å². The van der Waals surface area contributed by atoms with Crippen LogP contribution in [0.15, 0.2) is 54.7 Å². The maximum Gasteiger partial charge on any atom is 0.255 e. The number of carbonyl (C=O) groups excluding carboxylic acids is 1. The third-order valence-electron chi connectivity index (χ3n) is 5.58. The van der Waals surface area contributed by atoms with Gasteiger partial charge < -0.3 is 14.8 Å². The summed E-state index contributed by atoms with van der Waals surface area (Å²) < 4.78 is 12.7. The highest BCUT2D eigenvalue weighted by Gasteiger charge is 2.24. The van der Waals surface area contributed by atoms with E-state index in [1.807, 2.05) is 48.5 Å². The lowest BCUT2D eigenvalue weighted by atomic mass is 9.95. The van der Waals surface area contributed by atoms with Crippen molar-refractivity contribution in [1.82, 2.24) is 15.1 Å². The number of nitrogens with one attached hydrogen (secondary N) is 1. The zero-order chi connectivity index (χ0) is 20.9. The number of ether oxygens (including phenoxy) is 2. The first-order valence-corrected chi connectivity index (χ1v) is 10.4. The molecule has 0 spiro atoms.